The Morgan fingerprint density at radius 1 is 0.313 bits per heavy atom. The molecule has 67 heavy (non-hydrogen) atoms. The molecule has 382 valence electrons. The smallest absolute Gasteiger partial charge is 0.306 e. The lowest BCUT2D eigenvalue weighted by Gasteiger charge is -2.18. The summed E-state index contributed by atoms with van der Waals surface area (Å²) in [4.78, 5) is 38.1. The van der Waals surface area contributed by atoms with Crippen LogP contribution in [0.15, 0.2) is 97.2 Å². The topological polar surface area (TPSA) is 78.9 Å². The van der Waals surface area contributed by atoms with E-state index in [1.54, 1.807) is 0 Å². The minimum absolute atomic E-state index is 0.109. The number of ether oxygens (including phenoxy) is 3. The van der Waals surface area contributed by atoms with Gasteiger partial charge < -0.3 is 14.2 Å². The van der Waals surface area contributed by atoms with Gasteiger partial charge in [-0.05, 0) is 109 Å². The normalized spacial score (nSPS) is 12.8. The van der Waals surface area contributed by atoms with Gasteiger partial charge in [0.25, 0.3) is 0 Å². The van der Waals surface area contributed by atoms with Crippen molar-refractivity contribution >= 4 is 17.9 Å². The van der Waals surface area contributed by atoms with Gasteiger partial charge in [-0.1, -0.05) is 221 Å². The van der Waals surface area contributed by atoms with Gasteiger partial charge in [-0.15, -0.1) is 0 Å². The third kappa shape index (κ3) is 53.2. The Labute approximate surface area is 413 Å². The molecule has 0 amide bonds. The molecule has 0 aromatic heterocycles. The molecule has 0 saturated heterocycles. The molecule has 6 heteroatoms. The number of carbonyl (C=O) groups is 3. The summed E-state index contributed by atoms with van der Waals surface area (Å²) in [5.74, 6) is -1.01. The Morgan fingerprint density at radius 3 is 1.00 bits per heavy atom. The summed E-state index contributed by atoms with van der Waals surface area (Å²) in [6.07, 6.45) is 72.6. The Hall–Kier alpha value is -3.67. The lowest BCUT2D eigenvalue weighted by atomic mass is 10.1. The van der Waals surface area contributed by atoms with Crippen molar-refractivity contribution in [2.75, 3.05) is 13.2 Å². The molecule has 0 bridgehead atoms. The number of hydrogen-bond acceptors (Lipinski definition) is 6. The molecule has 0 N–H and O–H groups in total. The summed E-state index contributed by atoms with van der Waals surface area (Å²) >= 11 is 0. The van der Waals surface area contributed by atoms with Crippen LogP contribution in [0.1, 0.15) is 252 Å². The molecule has 0 aliphatic carbocycles. The maximum Gasteiger partial charge on any atom is 0.306 e. The van der Waals surface area contributed by atoms with Crippen LogP contribution in [0.5, 0.6) is 0 Å². The maximum absolute atomic E-state index is 12.8. The predicted octanol–water partition coefficient (Wildman–Crippen LogP) is 18.5. The van der Waals surface area contributed by atoms with Crippen molar-refractivity contribution in [1.29, 1.82) is 0 Å². The van der Waals surface area contributed by atoms with Crippen LogP contribution < -0.4 is 0 Å². The zero-order valence-corrected chi connectivity index (χ0v) is 43.6. The SMILES string of the molecule is CC/C=C\C/C=C\C/C=C\C/C=C\C/C=C\C/C=C\CCC(=O)OC[C@@H](COC(=O)CCCCCCC/C=C\CCCCCCC)OC(=O)CCCCCCC/C=C\CCCCCCCCC. The third-order valence-electron chi connectivity index (χ3n) is 11.6. The van der Waals surface area contributed by atoms with Gasteiger partial charge >= 0.3 is 17.9 Å². The summed E-state index contributed by atoms with van der Waals surface area (Å²) in [6, 6.07) is 0. The molecule has 6 nitrogen and oxygen atoms in total. The first-order valence-electron chi connectivity index (χ1n) is 27.7. The molecule has 0 unspecified atom stereocenters. The second-order valence-corrected chi connectivity index (χ2v) is 18.1. The summed E-state index contributed by atoms with van der Waals surface area (Å²) < 4.78 is 16.8. The predicted molar refractivity (Wildman–Crippen MR) is 288 cm³/mol. The quantitative estimate of drug-likeness (QED) is 0.0262. The van der Waals surface area contributed by atoms with Gasteiger partial charge in [0.1, 0.15) is 13.2 Å². The fourth-order valence-electron chi connectivity index (χ4n) is 7.40. The van der Waals surface area contributed by atoms with E-state index in [0.717, 1.165) is 103 Å². The monoisotopic (exact) mass is 931 g/mol. The average molecular weight is 931 g/mol. The van der Waals surface area contributed by atoms with Crippen LogP contribution in [0.3, 0.4) is 0 Å². The highest BCUT2D eigenvalue weighted by Gasteiger charge is 2.19. The standard InChI is InChI=1S/C61H102O6/c1-4-7-10-13-16-19-22-25-28-30-31-32-34-36-39-42-45-48-51-54-60(63)66-57-58(56-65-59(62)53-50-47-44-41-38-35-27-24-21-18-15-12-9-6-3)67-61(64)55-52-49-46-43-40-37-33-29-26-23-20-17-14-11-8-5-2/h7,10,16,19,24-25,27-29,31-33,36,39,45,48,58H,4-6,8-9,11-15,17-18,20-23,26,30,34-35,37-38,40-44,46-47,49-57H2,1-3H3/b10-7-,19-16-,27-24-,28-25-,32-31-,33-29-,39-36-,48-45-/t58-/m1/s1. The zero-order chi connectivity index (χ0) is 48.6. The average Bonchev–Trinajstić information content (AvgIpc) is 3.33. The molecule has 0 aromatic rings. The molecule has 0 aliphatic heterocycles. The molecular formula is C61H102O6. The Balaban J connectivity index is 4.52. The summed E-state index contributed by atoms with van der Waals surface area (Å²) in [5, 5.41) is 0. The van der Waals surface area contributed by atoms with Crippen LogP contribution in [0, 0.1) is 0 Å². The van der Waals surface area contributed by atoms with E-state index in [2.05, 4.69) is 112 Å². The Bertz CT molecular complexity index is 1350. The van der Waals surface area contributed by atoms with Crippen molar-refractivity contribution < 1.29 is 28.6 Å². The molecule has 0 saturated carbocycles. The maximum atomic E-state index is 12.8. The third-order valence-corrected chi connectivity index (χ3v) is 11.6. The van der Waals surface area contributed by atoms with E-state index < -0.39 is 6.10 Å². The molecule has 0 rings (SSSR count). The van der Waals surface area contributed by atoms with E-state index in [0.29, 0.717) is 19.3 Å². The van der Waals surface area contributed by atoms with Crippen LogP contribution in [0.2, 0.25) is 0 Å². The van der Waals surface area contributed by atoms with Crippen LogP contribution in [-0.4, -0.2) is 37.2 Å². The van der Waals surface area contributed by atoms with Gasteiger partial charge in [-0.3, -0.25) is 14.4 Å². The molecule has 0 heterocycles. The van der Waals surface area contributed by atoms with Crippen molar-refractivity contribution in [2.45, 2.75) is 258 Å². The number of carbonyl (C=O) groups excluding carboxylic acids is 3. The molecule has 0 spiro atoms. The van der Waals surface area contributed by atoms with Gasteiger partial charge in [-0.25, -0.2) is 0 Å². The second-order valence-electron chi connectivity index (χ2n) is 18.1. The number of rotatable bonds is 49. The van der Waals surface area contributed by atoms with E-state index in [1.165, 1.54) is 103 Å². The second kappa shape index (κ2) is 54.9. The van der Waals surface area contributed by atoms with Gasteiger partial charge in [0.05, 0.1) is 0 Å². The van der Waals surface area contributed by atoms with Crippen LogP contribution in [0.4, 0.5) is 0 Å². The van der Waals surface area contributed by atoms with Crippen LogP contribution in [0.25, 0.3) is 0 Å². The molecule has 0 radical (unpaired) electrons. The highest BCUT2D eigenvalue weighted by atomic mass is 16.6. The lowest BCUT2D eigenvalue weighted by molar-refractivity contribution is -0.166. The van der Waals surface area contributed by atoms with Gasteiger partial charge in [0, 0.05) is 19.3 Å². The number of esters is 3. The van der Waals surface area contributed by atoms with E-state index in [1.807, 2.05) is 6.08 Å². The van der Waals surface area contributed by atoms with Crippen molar-refractivity contribution in [3.8, 4) is 0 Å². The zero-order valence-electron chi connectivity index (χ0n) is 43.6. The van der Waals surface area contributed by atoms with Crippen LogP contribution >= 0.6 is 0 Å². The van der Waals surface area contributed by atoms with Gasteiger partial charge in [0.15, 0.2) is 6.10 Å². The fraction of sp³-hybridized carbons (Fsp3) is 0.689. The summed E-state index contributed by atoms with van der Waals surface area (Å²) in [5.41, 5.74) is 0. The van der Waals surface area contributed by atoms with E-state index in [-0.39, 0.29) is 37.5 Å². The van der Waals surface area contributed by atoms with Gasteiger partial charge in [-0.2, -0.15) is 0 Å². The van der Waals surface area contributed by atoms with Crippen LogP contribution in [-0.2, 0) is 28.6 Å². The largest absolute Gasteiger partial charge is 0.462 e. The first-order chi connectivity index (χ1) is 33.0. The first kappa shape index (κ1) is 63.3. The minimum atomic E-state index is -0.816. The molecule has 0 aliphatic rings. The molecular weight excluding hydrogens is 829 g/mol. The van der Waals surface area contributed by atoms with Crippen molar-refractivity contribution in [3.05, 3.63) is 97.2 Å². The fourth-order valence-corrected chi connectivity index (χ4v) is 7.40. The molecule has 0 fully saturated rings. The van der Waals surface area contributed by atoms with Crippen molar-refractivity contribution in [2.24, 2.45) is 0 Å². The van der Waals surface area contributed by atoms with E-state index in [4.69, 9.17) is 14.2 Å². The van der Waals surface area contributed by atoms with E-state index >= 15 is 0 Å². The highest BCUT2D eigenvalue weighted by Crippen LogP contribution is 2.14. The lowest BCUT2D eigenvalue weighted by Crippen LogP contribution is -2.30. The number of hydrogen-bond donors (Lipinski definition) is 0. The van der Waals surface area contributed by atoms with Crippen molar-refractivity contribution in [3.63, 3.8) is 0 Å². The summed E-state index contributed by atoms with van der Waals surface area (Å²) in [6.45, 7) is 6.44. The van der Waals surface area contributed by atoms with E-state index in [9.17, 15) is 14.4 Å². The Kier molecular flexibility index (Phi) is 51.9. The number of unbranched alkanes of at least 4 members (excludes halogenated alkanes) is 22. The Morgan fingerprint density at radius 2 is 0.612 bits per heavy atom. The minimum Gasteiger partial charge on any atom is -0.462 e. The highest BCUT2D eigenvalue weighted by molar-refractivity contribution is 5.71. The molecule has 1 atom stereocenters. The van der Waals surface area contributed by atoms with Gasteiger partial charge in [0.2, 0.25) is 0 Å². The van der Waals surface area contributed by atoms with Crippen molar-refractivity contribution in [1.82, 2.24) is 0 Å². The summed E-state index contributed by atoms with van der Waals surface area (Å²) in [7, 11) is 0. The molecule has 0 aromatic carbocycles. The number of allylic oxidation sites excluding steroid dienone is 16. The first-order valence-corrected chi connectivity index (χ1v) is 27.7.